The molecule has 0 spiro atoms. The molecule has 0 fully saturated rings. The molecule has 0 aliphatic heterocycles. The number of carbonyl (C=O) groups is 1. The average Bonchev–Trinajstić information content (AvgIpc) is 2.93. The molecule has 0 heterocycles. The van der Waals surface area contributed by atoms with E-state index in [2.05, 4.69) is 17.4 Å². The summed E-state index contributed by atoms with van der Waals surface area (Å²) in [5.41, 5.74) is 1.98. The number of aliphatic hydroxyl groups is 1. The van der Waals surface area contributed by atoms with E-state index in [1.165, 1.54) is 0 Å². The van der Waals surface area contributed by atoms with E-state index < -0.39 is 17.8 Å². The van der Waals surface area contributed by atoms with Crippen LogP contribution in [0.4, 0.5) is 4.79 Å². The van der Waals surface area contributed by atoms with Crippen molar-refractivity contribution in [2.45, 2.75) is 43.8 Å². The van der Waals surface area contributed by atoms with E-state index in [0.717, 1.165) is 47.5 Å². The van der Waals surface area contributed by atoms with Crippen molar-refractivity contribution in [1.29, 1.82) is 0 Å². The van der Waals surface area contributed by atoms with Crippen molar-refractivity contribution in [3.63, 3.8) is 0 Å². The summed E-state index contributed by atoms with van der Waals surface area (Å²) in [5, 5.41) is 21.6. The number of ether oxygens (including phenoxy) is 3. The molecule has 3 N–H and O–H groups in total. The van der Waals surface area contributed by atoms with Gasteiger partial charge in [-0.1, -0.05) is 67.4 Å². The molecule has 0 bridgehead atoms. The minimum Gasteiger partial charge on any atom is -0.497 e. The van der Waals surface area contributed by atoms with Crippen molar-refractivity contribution in [2.75, 3.05) is 27.4 Å². The van der Waals surface area contributed by atoms with Gasteiger partial charge in [-0.25, -0.2) is 4.79 Å². The van der Waals surface area contributed by atoms with Crippen LogP contribution in [0, 0.1) is 0 Å². The number of rotatable bonds is 15. The fourth-order valence-corrected chi connectivity index (χ4v) is 4.44. The predicted molar refractivity (Wildman–Crippen MR) is 143 cm³/mol. The molecule has 0 aromatic heterocycles. The summed E-state index contributed by atoms with van der Waals surface area (Å²) in [6.07, 6.45) is 2.03. The summed E-state index contributed by atoms with van der Waals surface area (Å²) >= 11 is 0. The minimum absolute atomic E-state index is 0.342. The summed E-state index contributed by atoms with van der Waals surface area (Å²) in [5.74, 6) is 1.52. The fraction of sp³-hybridized carbons (Fsp3) is 0.367. The van der Waals surface area contributed by atoms with Crippen LogP contribution in [0.15, 0.2) is 78.9 Å². The van der Waals surface area contributed by atoms with Crippen LogP contribution in [0.5, 0.6) is 11.5 Å². The lowest BCUT2D eigenvalue weighted by Crippen LogP contribution is -2.34. The molecular weight excluding hydrogens is 470 g/mol. The fourth-order valence-electron chi connectivity index (χ4n) is 4.44. The third-order valence-electron chi connectivity index (χ3n) is 6.43. The molecule has 0 aliphatic rings. The number of nitrogens with one attached hydrogen (secondary N) is 1. The molecule has 1 amide bonds. The minimum atomic E-state index is -1.01. The van der Waals surface area contributed by atoms with E-state index in [9.17, 15) is 9.90 Å². The van der Waals surface area contributed by atoms with E-state index in [0.29, 0.717) is 26.0 Å². The Labute approximate surface area is 219 Å². The highest BCUT2D eigenvalue weighted by Gasteiger charge is 2.37. The number of carboxylic acid groups (broad SMARTS) is 1. The van der Waals surface area contributed by atoms with Gasteiger partial charge in [-0.3, -0.25) is 0 Å². The highest BCUT2D eigenvalue weighted by molar-refractivity contribution is 5.64. The predicted octanol–water partition coefficient (Wildman–Crippen LogP) is 5.59. The lowest BCUT2D eigenvalue weighted by atomic mass is 9.80. The van der Waals surface area contributed by atoms with Crippen molar-refractivity contribution >= 4 is 6.09 Å². The summed E-state index contributed by atoms with van der Waals surface area (Å²) in [7, 11) is 3.28. The molecule has 198 valence electrons. The molecule has 7 heteroatoms. The molecule has 3 aromatic carbocycles. The molecule has 0 aliphatic carbocycles. The molecule has 1 unspecified atom stereocenters. The molecule has 0 saturated heterocycles. The first-order chi connectivity index (χ1) is 18.0. The number of benzene rings is 3. The van der Waals surface area contributed by atoms with Gasteiger partial charge in [0.05, 0.1) is 26.9 Å². The normalized spacial score (nSPS) is 12.1. The Morgan fingerprint density at radius 1 is 0.784 bits per heavy atom. The van der Waals surface area contributed by atoms with Crippen LogP contribution in [-0.2, 0) is 10.3 Å². The number of aliphatic hydroxyl groups excluding tert-OH is 1. The van der Waals surface area contributed by atoms with Crippen molar-refractivity contribution in [3.8, 4) is 11.5 Å². The van der Waals surface area contributed by atoms with Crippen LogP contribution in [0.2, 0.25) is 0 Å². The van der Waals surface area contributed by atoms with Crippen LogP contribution < -0.4 is 14.8 Å². The molecule has 0 radical (unpaired) electrons. The van der Waals surface area contributed by atoms with Crippen LogP contribution >= 0.6 is 0 Å². The van der Waals surface area contributed by atoms with E-state index in [1.807, 2.05) is 66.7 Å². The maximum atomic E-state index is 10.6. The van der Waals surface area contributed by atoms with Crippen LogP contribution in [-0.4, -0.2) is 49.8 Å². The zero-order valence-electron chi connectivity index (χ0n) is 21.6. The first-order valence-electron chi connectivity index (χ1n) is 12.6. The monoisotopic (exact) mass is 507 g/mol. The van der Waals surface area contributed by atoms with Gasteiger partial charge in [-0.15, -0.1) is 0 Å². The molecule has 1 atom stereocenters. The third kappa shape index (κ3) is 7.71. The van der Waals surface area contributed by atoms with E-state index in [1.54, 1.807) is 14.2 Å². The third-order valence-corrected chi connectivity index (χ3v) is 6.43. The van der Waals surface area contributed by atoms with Gasteiger partial charge >= 0.3 is 6.09 Å². The largest absolute Gasteiger partial charge is 0.497 e. The zero-order valence-corrected chi connectivity index (χ0v) is 21.6. The Morgan fingerprint density at radius 2 is 1.32 bits per heavy atom. The number of hydrogen-bond acceptors (Lipinski definition) is 5. The van der Waals surface area contributed by atoms with E-state index in [-0.39, 0.29) is 0 Å². The Morgan fingerprint density at radius 3 is 1.84 bits per heavy atom. The topological polar surface area (TPSA) is 97.2 Å². The Kier molecular flexibility index (Phi) is 10.8. The quantitative estimate of drug-likeness (QED) is 0.183. The van der Waals surface area contributed by atoms with E-state index >= 15 is 0 Å². The van der Waals surface area contributed by atoms with Gasteiger partial charge in [0.25, 0.3) is 0 Å². The second-order valence-corrected chi connectivity index (χ2v) is 8.88. The van der Waals surface area contributed by atoms with Gasteiger partial charge < -0.3 is 29.7 Å². The number of methoxy groups -OCH3 is 2. The molecule has 37 heavy (non-hydrogen) atoms. The van der Waals surface area contributed by atoms with Gasteiger partial charge in [-0.2, -0.15) is 0 Å². The number of amides is 1. The Bertz CT molecular complexity index is 1020. The van der Waals surface area contributed by atoms with Gasteiger partial charge in [-0.05, 0) is 60.2 Å². The van der Waals surface area contributed by atoms with Gasteiger partial charge in [0.1, 0.15) is 17.1 Å². The molecule has 3 aromatic rings. The van der Waals surface area contributed by atoms with Crippen LogP contribution in [0.25, 0.3) is 0 Å². The molecule has 3 rings (SSSR count). The smallest absolute Gasteiger partial charge is 0.404 e. The van der Waals surface area contributed by atoms with E-state index in [4.69, 9.17) is 19.3 Å². The van der Waals surface area contributed by atoms with Crippen LogP contribution in [0.3, 0.4) is 0 Å². The average molecular weight is 508 g/mol. The lowest BCUT2D eigenvalue weighted by molar-refractivity contribution is -0.00663. The summed E-state index contributed by atoms with van der Waals surface area (Å²) in [6.45, 7) is 0.770. The highest BCUT2D eigenvalue weighted by Crippen LogP contribution is 2.41. The summed E-state index contributed by atoms with van der Waals surface area (Å²) < 4.78 is 17.5. The molecule has 7 nitrogen and oxygen atoms in total. The van der Waals surface area contributed by atoms with Gasteiger partial charge in [0.2, 0.25) is 0 Å². The maximum Gasteiger partial charge on any atom is 0.404 e. The number of hydrogen-bond donors (Lipinski definition) is 3. The van der Waals surface area contributed by atoms with Crippen LogP contribution in [0.1, 0.15) is 48.8 Å². The van der Waals surface area contributed by atoms with Gasteiger partial charge in [0.15, 0.2) is 0 Å². The van der Waals surface area contributed by atoms with Crippen molar-refractivity contribution in [2.24, 2.45) is 0 Å². The molecule has 0 saturated carbocycles. The number of unbranched alkanes of at least 4 members (excludes halogenated alkanes) is 2. The Hall–Kier alpha value is -3.55. The zero-order chi connectivity index (χ0) is 26.5. The Balaban J connectivity index is 1.81. The van der Waals surface area contributed by atoms with Crippen molar-refractivity contribution < 1.29 is 29.2 Å². The summed E-state index contributed by atoms with van der Waals surface area (Å²) in [6, 6.07) is 25.8. The maximum absolute atomic E-state index is 10.6. The highest BCUT2D eigenvalue weighted by atomic mass is 16.5. The second-order valence-electron chi connectivity index (χ2n) is 8.88. The van der Waals surface area contributed by atoms with Crippen molar-refractivity contribution in [3.05, 3.63) is 95.6 Å². The second kappa shape index (κ2) is 14.3. The lowest BCUT2D eigenvalue weighted by Gasteiger charge is -2.36. The summed E-state index contributed by atoms with van der Waals surface area (Å²) in [4.78, 5) is 10.5. The van der Waals surface area contributed by atoms with Crippen molar-refractivity contribution in [1.82, 2.24) is 5.32 Å². The first-order valence-corrected chi connectivity index (χ1v) is 12.6. The SMILES string of the molecule is COc1ccc(C(OCCC(O)CCCCCNC(=O)O)(c2ccccc2)c2ccc(OC)cc2)cc1. The molecular formula is C30H37NO6. The van der Waals surface area contributed by atoms with Gasteiger partial charge in [0, 0.05) is 6.54 Å². The standard InChI is InChI=1S/C30H37NO6/c1-35-27-16-12-24(13-17-27)30(23-9-5-3-6-10-23,25-14-18-28(36-2)19-15-25)37-22-20-26(32)11-7-4-8-21-31-29(33)34/h3,5-6,9-10,12-19,26,31-32H,4,7-8,11,20-22H2,1-2H3,(H,33,34). The first kappa shape index (κ1) is 28.0.